The Morgan fingerprint density at radius 3 is 2.30 bits per heavy atom. The summed E-state index contributed by atoms with van der Waals surface area (Å²) in [6.45, 7) is 0. The van der Waals surface area contributed by atoms with Gasteiger partial charge in [-0.3, -0.25) is 4.79 Å². The van der Waals surface area contributed by atoms with Crippen LogP contribution in [-0.4, -0.2) is 39.1 Å². The molecule has 0 saturated heterocycles. The van der Waals surface area contributed by atoms with E-state index in [1.807, 2.05) is 12.1 Å². The molecule has 0 saturated carbocycles. The van der Waals surface area contributed by atoms with Crippen LogP contribution in [0.1, 0.15) is 12.0 Å². The highest BCUT2D eigenvalue weighted by atomic mass is 35.5. The second-order valence-electron chi connectivity index (χ2n) is 5.75. The third-order valence-electron chi connectivity index (χ3n) is 4.07. The lowest BCUT2D eigenvalue weighted by atomic mass is 10.0. The zero-order valence-electron chi connectivity index (χ0n) is 15.1. The zero-order valence-corrected chi connectivity index (χ0v) is 15.9. The molecule has 7 nitrogen and oxygen atoms in total. The molecule has 2 aromatic carbocycles. The molecular weight excluding hydrogens is 372 g/mol. The highest BCUT2D eigenvalue weighted by Gasteiger charge is 2.29. The summed E-state index contributed by atoms with van der Waals surface area (Å²) in [6, 6.07) is 10.5. The Morgan fingerprint density at radius 2 is 1.74 bits per heavy atom. The lowest BCUT2D eigenvalue weighted by Crippen LogP contribution is -2.28. The normalized spacial score (nSPS) is 15.6. The van der Waals surface area contributed by atoms with E-state index in [1.165, 1.54) is 21.3 Å². The third kappa shape index (κ3) is 4.09. The Balaban J connectivity index is 1.70. The number of rotatable bonds is 6. The van der Waals surface area contributed by atoms with E-state index >= 15 is 0 Å². The SMILES string of the molecule is COc1cc(NC(=O)[C@@H]2CC(c3ccc(Cl)cc3)=NO2)cc(OC)c1OC. The van der Waals surface area contributed by atoms with E-state index in [-0.39, 0.29) is 5.91 Å². The van der Waals surface area contributed by atoms with Gasteiger partial charge in [-0.15, -0.1) is 0 Å². The molecule has 1 N–H and O–H groups in total. The number of hydrogen-bond acceptors (Lipinski definition) is 6. The van der Waals surface area contributed by atoms with Gasteiger partial charge in [-0.05, 0) is 17.7 Å². The first-order chi connectivity index (χ1) is 13.0. The van der Waals surface area contributed by atoms with E-state index in [9.17, 15) is 4.79 Å². The molecule has 1 aliphatic rings. The molecule has 1 heterocycles. The molecule has 27 heavy (non-hydrogen) atoms. The van der Waals surface area contributed by atoms with E-state index in [4.69, 9.17) is 30.6 Å². The Morgan fingerprint density at radius 1 is 1.11 bits per heavy atom. The molecule has 1 atom stereocenters. The van der Waals surface area contributed by atoms with Crippen molar-refractivity contribution in [2.45, 2.75) is 12.5 Å². The predicted octanol–water partition coefficient (Wildman–Crippen LogP) is 3.50. The van der Waals surface area contributed by atoms with Crippen LogP contribution >= 0.6 is 11.6 Å². The van der Waals surface area contributed by atoms with Crippen LogP contribution in [0.15, 0.2) is 41.6 Å². The summed E-state index contributed by atoms with van der Waals surface area (Å²) in [5.74, 6) is 1.01. The summed E-state index contributed by atoms with van der Waals surface area (Å²) in [5, 5.41) is 7.44. The average molecular weight is 391 g/mol. The van der Waals surface area contributed by atoms with Crippen molar-refractivity contribution in [3.63, 3.8) is 0 Å². The van der Waals surface area contributed by atoms with E-state index in [2.05, 4.69) is 10.5 Å². The van der Waals surface area contributed by atoms with E-state index in [0.717, 1.165) is 5.56 Å². The largest absolute Gasteiger partial charge is 0.493 e. The maximum Gasteiger partial charge on any atom is 0.268 e. The number of ether oxygens (including phenoxy) is 3. The molecule has 1 amide bonds. The van der Waals surface area contributed by atoms with Crippen molar-refractivity contribution in [3.05, 3.63) is 47.0 Å². The molecule has 0 aromatic heterocycles. The van der Waals surface area contributed by atoms with Gasteiger partial charge >= 0.3 is 0 Å². The van der Waals surface area contributed by atoms with Crippen molar-refractivity contribution in [2.75, 3.05) is 26.6 Å². The van der Waals surface area contributed by atoms with Gasteiger partial charge in [0.15, 0.2) is 11.5 Å². The second kappa shape index (κ2) is 8.18. The number of carbonyl (C=O) groups excluding carboxylic acids is 1. The van der Waals surface area contributed by atoms with Gasteiger partial charge in [0.2, 0.25) is 11.9 Å². The van der Waals surface area contributed by atoms with E-state index in [0.29, 0.717) is 40.1 Å². The van der Waals surface area contributed by atoms with Gasteiger partial charge in [0.25, 0.3) is 5.91 Å². The third-order valence-corrected chi connectivity index (χ3v) is 4.32. The minimum absolute atomic E-state index is 0.322. The van der Waals surface area contributed by atoms with Crippen molar-refractivity contribution >= 4 is 28.9 Å². The maximum absolute atomic E-state index is 12.6. The number of oxime groups is 1. The quantitative estimate of drug-likeness (QED) is 0.816. The minimum atomic E-state index is -0.727. The molecule has 0 fully saturated rings. The van der Waals surface area contributed by atoms with Crippen LogP contribution in [0.25, 0.3) is 0 Å². The van der Waals surface area contributed by atoms with E-state index in [1.54, 1.807) is 24.3 Å². The molecule has 0 spiro atoms. The summed E-state index contributed by atoms with van der Waals surface area (Å²) in [4.78, 5) is 17.9. The molecular formula is C19H19ClN2O5. The predicted molar refractivity (Wildman–Crippen MR) is 102 cm³/mol. The topological polar surface area (TPSA) is 78.4 Å². The van der Waals surface area contributed by atoms with Crippen molar-refractivity contribution in [3.8, 4) is 17.2 Å². The van der Waals surface area contributed by atoms with Crippen LogP contribution in [0.3, 0.4) is 0 Å². The lowest BCUT2D eigenvalue weighted by molar-refractivity contribution is -0.125. The summed E-state index contributed by atoms with van der Waals surface area (Å²) >= 11 is 5.89. The Bertz CT molecular complexity index is 842. The fourth-order valence-corrected chi connectivity index (χ4v) is 2.83. The molecule has 3 rings (SSSR count). The first kappa shape index (κ1) is 18.8. The smallest absolute Gasteiger partial charge is 0.268 e. The van der Waals surface area contributed by atoms with Gasteiger partial charge < -0.3 is 24.4 Å². The molecule has 0 aliphatic carbocycles. The van der Waals surface area contributed by atoms with Crippen molar-refractivity contribution in [1.29, 1.82) is 0 Å². The van der Waals surface area contributed by atoms with E-state index < -0.39 is 6.10 Å². The number of anilines is 1. The highest BCUT2D eigenvalue weighted by molar-refractivity contribution is 6.30. The first-order valence-corrected chi connectivity index (χ1v) is 8.53. The van der Waals surface area contributed by atoms with Gasteiger partial charge in [-0.2, -0.15) is 0 Å². The number of methoxy groups -OCH3 is 3. The number of amides is 1. The number of hydrogen-bond donors (Lipinski definition) is 1. The van der Waals surface area contributed by atoms with Crippen LogP contribution in [0.4, 0.5) is 5.69 Å². The summed E-state index contributed by atoms with van der Waals surface area (Å²) < 4.78 is 15.9. The van der Waals surface area contributed by atoms with Gasteiger partial charge in [0.05, 0.1) is 27.0 Å². The Labute approximate surface area is 161 Å². The second-order valence-corrected chi connectivity index (χ2v) is 6.18. The van der Waals surface area contributed by atoms with Crippen molar-refractivity contribution < 1.29 is 23.8 Å². The molecule has 8 heteroatoms. The fraction of sp³-hybridized carbons (Fsp3) is 0.263. The number of benzene rings is 2. The van der Waals surface area contributed by atoms with Crippen LogP contribution in [-0.2, 0) is 9.63 Å². The monoisotopic (exact) mass is 390 g/mol. The molecule has 142 valence electrons. The maximum atomic E-state index is 12.6. The van der Waals surface area contributed by atoms with Gasteiger partial charge in [-0.1, -0.05) is 28.9 Å². The molecule has 2 aromatic rings. The molecule has 0 radical (unpaired) electrons. The molecule has 0 unspecified atom stereocenters. The standard InChI is InChI=1S/C19H19ClN2O5/c1-24-15-8-13(9-16(25-2)18(15)26-3)21-19(23)17-10-14(22-27-17)11-4-6-12(20)7-5-11/h4-9,17H,10H2,1-3H3,(H,21,23)/t17-/m0/s1. The number of halogens is 1. The van der Waals surface area contributed by atoms with Crippen molar-refractivity contribution in [1.82, 2.24) is 0 Å². The van der Waals surface area contributed by atoms with Crippen LogP contribution < -0.4 is 19.5 Å². The lowest BCUT2D eigenvalue weighted by Gasteiger charge is -2.15. The minimum Gasteiger partial charge on any atom is -0.493 e. The van der Waals surface area contributed by atoms with Crippen LogP contribution in [0.5, 0.6) is 17.2 Å². The van der Waals surface area contributed by atoms with Gasteiger partial charge in [0.1, 0.15) is 0 Å². The number of nitrogens with zero attached hydrogens (tertiary/aromatic N) is 1. The Kier molecular flexibility index (Phi) is 5.71. The Hall–Kier alpha value is -2.93. The van der Waals surface area contributed by atoms with Gasteiger partial charge in [0, 0.05) is 29.3 Å². The number of nitrogens with one attached hydrogen (secondary N) is 1. The van der Waals surface area contributed by atoms with Gasteiger partial charge in [-0.25, -0.2) is 0 Å². The average Bonchev–Trinajstić information content (AvgIpc) is 3.18. The summed E-state index contributed by atoms with van der Waals surface area (Å²) in [7, 11) is 4.53. The van der Waals surface area contributed by atoms with Crippen LogP contribution in [0, 0.1) is 0 Å². The molecule has 0 bridgehead atoms. The zero-order chi connectivity index (χ0) is 19.4. The molecule has 1 aliphatic heterocycles. The highest BCUT2D eigenvalue weighted by Crippen LogP contribution is 2.40. The number of carbonyl (C=O) groups is 1. The van der Waals surface area contributed by atoms with Crippen molar-refractivity contribution in [2.24, 2.45) is 5.16 Å². The summed E-state index contributed by atoms with van der Waals surface area (Å²) in [6.07, 6.45) is -0.368. The summed E-state index contributed by atoms with van der Waals surface area (Å²) in [5.41, 5.74) is 2.05. The fourth-order valence-electron chi connectivity index (χ4n) is 2.71. The van der Waals surface area contributed by atoms with Crippen LogP contribution in [0.2, 0.25) is 5.02 Å². The first-order valence-electron chi connectivity index (χ1n) is 8.15.